The zero-order chi connectivity index (χ0) is 12.3. The Morgan fingerprint density at radius 3 is 2.82 bits per heavy atom. The van der Waals surface area contributed by atoms with E-state index in [1.165, 1.54) is 11.6 Å². The van der Waals surface area contributed by atoms with E-state index in [0.29, 0.717) is 0 Å². The maximum absolute atomic E-state index is 11.7. The maximum Gasteiger partial charge on any atom is 0.168 e. The molecule has 17 heavy (non-hydrogen) atoms. The summed E-state index contributed by atoms with van der Waals surface area (Å²) in [7, 11) is 0. The van der Waals surface area contributed by atoms with Crippen molar-refractivity contribution >= 4 is 41.1 Å². The van der Waals surface area contributed by atoms with Crippen LogP contribution in [-0.4, -0.2) is 23.0 Å². The quantitative estimate of drug-likeness (QED) is 0.782. The Kier molecular flexibility index (Phi) is 4.28. The molecule has 90 valence electrons. The monoisotopic (exact) mass is 282 g/mol. The van der Waals surface area contributed by atoms with Crippen molar-refractivity contribution in [2.75, 3.05) is 12.0 Å². The minimum Gasteiger partial charge on any atom is -0.294 e. The molecule has 4 heteroatoms. The van der Waals surface area contributed by atoms with Gasteiger partial charge in [0.15, 0.2) is 5.78 Å². The summed E-state index contributed by atoms with van der Waals surface area (Å²) in [6.07, 6.45) is 3.55. The zero-order valence-corrected chi connectivity index (χ0v) is 12.0. The van der Waals surface area contributed by atoms with Crippen molar-refractivity contribution < 1.29 is 4.79 Å². The molecule has 1 aromatic carbocycles. The second-order valence-electron chi connectivity index (χ2n) is 3.65. The van der Waals surface area contributed by atoms with Gasteiger partial charge in [-0.1, -0.05) is 36.9 Å². The Morgan fingerprint density at radius 1 is 1.53 bits per heavy atom. The van der Waals surface area contributed by atoms with Gasteiger partial charge in [-0.25, -0.2) is 0 Å². The summed E-state index contributed by atoms with van der Waals surface area (Å²) in [5.41, 5.74) is 1.28. The van der Waals surface area contributed by atoms with Crippen LogP contribution >= 0.6 is 35.3 Å². The second kappa shape index (κ2) is 5.55. The number of benzene rings is 1. The van der Waals surface area contributed by atoms with Gasteiger partial charge in [0.1, 0.15) is 3.41 Å². The molecule has 0 spiro atoms. The average molecular weight is 282 g/mol. The molecule has 1 heterocycles. The highest BCUT2D eigenvalue weighted by atomic mass is 32.3. The van der Waals surface area contributed by atoms with Crippen molar-refractivity contribution in [1.82, 2.24) is 0 Å². The highest BCUT2D eigenvalue weighted by molar-refractivity contribution is 8.35. The molecule has 0 aliphatic carbocycles. The van der Waals surface area contributed by atoms with Crippen molar-refractivity contribution in [3.63, 3.8) is 0 Å². The molecular weight excluding hydrogens is 268 g/mol. The minimum absolute atomic E-state index is 0.0371. The highest BCUT2D eigenvalue weighted by Crippen LogP contribution is 2.61. The summed E-state index contributed by atoms with van der Waals surface area (Å²) in [6.45, 7) is 3.57. The molecule has 2 rings (SSSR count). The van der Waals surface area contributed by atoms with Crippen LogP contribution in [0.25, 0.3) is 0 Å². The lowest BCUT2D eigenvalue weighted by atomic mass is 10.2. The molecule has 1 fully saturated rings. The van der Waals surface area contributed by atoms with Crippen LogP contribution < -0.4 is 0 Å². The van der Waals surface area contributed by atoms with Gasteiger partial charge in [-0.15, -0.1) is 35.3 Å². The Morgan fingerprint density at radius 2 is 2.24 bits per heavy atom. The first-order valence-electron chi connectivity index (χ1n) is 5.30. The van der Waals surface area contributed by atoms with Crippen molar-refractivity contribution in [3.8, 4) is 0 Å². The molecule has 2 atom stereocenters. The molecule has 1 saturated heterocycles. The van der Waals surface area contributed by atoms with Crippen molar-refractivity contribution in [1.29, 1.82) is 0 Å². The first kappa shape index (κ1) is 13.1. The first-order chi connectivity index (χ1) is 8.22. The van der Waals surface area contributed by atoms with Gasteiger partial charge in [-0.05, 0) is 17.9 Å². The summed E-state index contributed by atoms with van der Waals surface area (Å²) in [6, 6.07) is 10.4. The van der Waals surface area contributed by atoms with Gasteiger partial charge in [0.2, 0.25) is 0 Å². The molecule has 1 nitrogen and oxygen atoms in total. The number of thioether (sulfide) groups is 3. The van der Waals surface area contributed by atoms with E-state index in [-0.39, 0.29) is 14.4 Å². The zero-order valence-electron chi connectivity index (χ0n) is 9.59. The minimum atomic E-state index is -0.0371. The van der Waals surface area contributed by atoms with Crippen LogP contribution in [0.3, 0.4) is 0 Å². The van der Waals surface area contributed by atoms with Gasteiger partial charge >= 0.3 is 0 Å². The van der Waals surface area contributed by atoms with Gasteiger partial charge in [0.05, 0.1) is 5.25 Å². The van der Waals surface area contributed by atoms with Crippen molar-refractivity contribution in [3.05, 3.63) is 48.6 Å². The topological polar surface area (TPSA) is 17.1 Å². The predicted octanol–water partition coefficient (Wildman–Crippen LogP) is 3.76. The lowest BCUT2D eigenvalue weighted by molar-refractivity contribution is -0.113. The Labute approximate surface area is 115 Å². The van der Waals surface area contributed by atoms with E-state index >= 15 is 0 Å². The molecule has 1 aliphatic rings. The molecule has 1 aromatic rings. The van der Waals surface area contributed by atoms with Gasteiger partial charge in [-0.2, -0.15) is 0 Å². The number of ketones is 1. The van der Waals surface area contributed by atoms with Crippen molar-refractivity contribution in [2.45, 2.75) is 8.66 Å². The summed E-state index contributed by atoms with van der Waals surface area (Å²) < 4.78 is -0.0371. The van der Waals surface area contributed by atoms with Crippen LogP contribution in [0.15, 0.2) is 43.0 Å². The molecule has 0 aromatic heterocycles. The SMILES string of the molecule is C=CC(=O)C1CSC(SC)(c2ccccc2)S1. The molecule has 1 aliphatic heterocycles. The maximum atomic E-state index is 11.7. The molecule has 0 amide bonds. The number of carbonyl (C=O) groups is 1. The Balaban J connectivity index is 2.24. The second-order valence-corrected chi connectivity index (χ2v) is 8.10. The van der Waals surface area contributed by atoms with E-state index in [1.807, 2.05) is 17.8 Å². The van der Waals surface area contributed by atoms with Crippen LogP contribution in [0, 0.1) is 0 Å². The van der Waals surface area contributed by atoms with Crippen LogP contribution in [0.2, 0.25) is 0 Å². The van der Waals surface area contributed by atoms with Gasteiger partial charge in [-0.3, -0.25) is 4.79 Å². The highest BCUT2D eigenvalue weighted by Gasteiger charge is 2.43. The number of allylic oxidation sites excluding steroid dienone is 1. The van der Waals surface area contributed by atoms with Crippen LogP contribution in [0.4, 0.5) is 0 Å². The molecule has 0 bridgehead atoms. The largest absolute Gasteiger partial charge is 0.294 e. The molecule has 0 radical (unpaired) electrons. The van der Waals surface area contributed by atoms with E-state index < -0.39 is 0 Å². The third kappa shape index (κ3) is 2.59. The van der Waals surface area contributed by atoms with E-state index in [0.717, 1.165) is 5.75 Å². The van der Waals surface area contributed by atoms with Gasteiger partial charge in [0, 0.05) is 5.75 Å². The van der Waals surface area contributed by atoms with Crippen molar-refractivity contribution in [2.24, 2.45) is 0 Å². The summed E-state index contributed by atoms with van der Waals surface area (Å²) >= 11 is 5.41. The van der Waals surface area contributed by atoms with Crippen LogP contribution in [0.5, 0.6) is 0 Å². The molecular formula is C13H14OS3. The van der Waals surface area contributed by atoms with Crippen LogP contribution in [0.1, 0.15) is 5.56 Å². The van der Waals surface area contributed by atoms with Crippen LogP contribution in [-0.2, 0) is 8.21 Å². The first-order valence-corrected chi connectivity index (χ1v) is 8.39. The van der Waals surface area contributed by atoms with Gasteiger partial charge in [0.25, 0.3) is 0 Å². The third-order valence-corrected chi connectivity index (χ3v) is 8.25. The third-order valence-electron chi connectivity index (χ3n) is 2.64. The molecule has 0 N–H and O–H groups in total. The standard InChI is InChI=1S/C13H14OS3/c1-3-11(14)12-9-16-13(15-2,17-12)10-7-5-4-6-8-10/h3-8,12H,1,9H2,2H3. The lowest BCUT2D eigenvalue weighted by Crippen LogP contribution is -2.15. The summed E-state index contributed by atoms with van der Waals surface area (Å²) in [4.78, 5) is 11.7. The lowest BCUT2D eigenvalue weighted by Gasteiger charge is -2.25. The van der Waals surface area contributed by atoms with E-state index in [9.17, 15) is 4.79 Å². The molecule has 0 saturated carbocycles. The van der Waals surface area contributed by atoms with Gasteiger partial charge < -0.3 is 0 Å². The summed E-state index contributed by atoms with van der Waals surface area (Å²) in [5, 5.41) is 0.0464. The number of rotatable bonds is 4. The van der Waals surface area contributed by atoms with E-state index in [2.05, 4.69) is 37.1 Å². The Hall–Kier alpha value is -0.320. The predicted molar refractivity (Wildman–Crippen MR) is 80.7 cm³/mol. The fourth-order valence-corrected chi connectivity index (χ4v) is 6.51. The van der Waals surface area contributed by atoms with E-state index in [4.69, 9.17) is 0 Å². The Bertz CT molecular complexity index is 418. The fraction of sp³-hybridized carbons (Fsp3) is 0.308. The smallest absolute Gasteiger partial charge is 0.168 e. The van der Waals surface area contributed by atoms with E-state index in [1.54, 1.807) is 23.5 Å². The summed E-state index contributed by atoms with van der Waals surface area (Å²) in [5.74, 6) is 1.01. The number of hydrogen-bond acceptors (Lipinski definition) is 4. The number of carbonyl (C=O) groups excluding carboxylic acids is 1. The fourth-order valence-electron chi connectivity index (χ4n) is 1.73. The normalized spacial score (nSPS) is 27.9. The molecule has 2 unspecified atom stereocenters. The average Bonchev–Trinajstić information content (AvgIpc) is 2.84. The number of hydrogen-bond donors (Lipinski definition) is 0.